The lowest BCUT2D eigenvalue weighted by Crippen LogP contribution is -2.07. The van der Waals surface area contributed by atoms with Crippen molar-refractivity contribution in [2.75, 3.05) is 12.4 Å². The Morgan fingerprint density at radius 1 is 1.18 bits per heavy atom. The van der Waals surface area contributed by atoms with E-state index >= 15 is 0 Å². The van der Waals surface area contributed by atoms with Crippen LogP contribution in [0.15, 0.2) is 36.8 Å². The minimum Gasteiger partial charge on any atom is -0.465 e. The monoisotopic (exact) mass is 395 g/mol. The fourth-order valence-corrected chi connectivity index (χ4v) is 3.25. The van der Waals surface area contributed by atoms with E-state index in [1.54, 1.807) is 18.6 Å². The van der Waals surface area contributed by atoms with Gasteiger partial charge in [-0.2, -0.15) is 0 Å². The van der Waals surface area contributed by atoms with Gasteiger partial charge in [-0.1, -0.05) is 11.6 Å². The van der Waals surface area contributed by atoms with Crippen LogP contribution in [0.5, 0.6) is 0 Å². The maximum absolute atomic E-state index is 12.1. The van der Waals surface area contributed by atoms with Gasteiger partial charge < -0.3 is 10.1 Å². The maximum Gasteiger partial charge on any atom is 0.341 e. The van der Waals surface area contributed by atoms with E-state index in [1.807, 2.05) is 25.1 Å². The van der Waals surface area contributed by atoms with Crippen molar-refractivity contribution in [1.29, 1.82) is 0 Å². The highest BCUT2D eigenvalue weighted by atomic mass is 35.5. The Bertz CT molecular complexity index is 1050. The predicted octanol–water partition coefficient (Wildman–Crippen LogP) is 4.30. The molecule has 1 aliphatic carbocycles. The highest BCUT2D eigenvalue weighted by molar-refractivity contribution is 6.32. The Kier molecular flexibility index (Phi) is 4.92. The summed E-state index contributed by atoms with van der Waals surface area (Å²) in [6.45, 7) is 1.81. The SMILES string of the molecule is COC(=O)c1c(Cl)ncc(-c2ccnc(Nc3ccnc(C4CC4)n3)c2)c1C. The lowest BCUT2D eigenvalue weighted by molar-refractivity contribution is 0.0599. The van der Waals surface area contributed by atoms with Crippen LogP contribution in [0.2, 0.25) is 5.15 Å². The predicted molar refractivity (Wildman–Crippen MR) is 106 cm³/mol. The third-order valence-corrected chi connectivity index (χ3v) is 4.91. The van der Waals surface area contributed by atoms with Crippen molar-refractivity contribution in [2.45, 2.75) is 25.7 Å². The first-order valence-electron chi connectivity index (χ1n) is 8.86. The van der Waals surface area contributed by atoms with Crippen molar-refractivity contribution in [3.05, 3.63) is 58.9 Å². The molecule has 8 heteroatoms. The number of hydrogen-bond acceptors (Lipinski definition) is 7. The molecule has 1 fully saturated rings. The van der Waals surface area contributed by atoms with Crippen LogP contribution >= 0.6 is 11.6 Å². The highest BCUT2D eigenvalue weighted by Gasteiger charge is 2.26. The number of methoxy groups -OCH3 is 1. The molecule has 0 radical (unpaired) electrons. The standard InChI is InChI=1S/C20H18ClN5O2/c1-11-14(10-24-18(21)17(11)20(27)28-2)13-5-7-22-16(9-13)25-15-6-8-23-19(26-15)12-3-4-12/h5-10,12H,3-4H2,1-2H3,(H,22,23,25,26). The van der Waals surface area contributed by atoms with Crippen molar-refractivity contribution < 1.29 is 9.53 Å². The lowest BCUT2D eigenvalue weighted by Gasteiger charge is -2.12. The Hall–Kier alpha value is -3.06. The van der Waals surface area contributed by atoms with Gasteiger partial charge in [0.05, 0.1) is 7.11 Å². The Balaban J connectivity index is 1.66. The second-order valence-electron chi connectivity index (χ2n) is 6.58. The van der Waals surface area contributed by atoms with E-state index < -0.39 is 5.97 Å². The Morgan fingerprint density at radius 2 is 1.96 bits per heavy atom. The van der Waals surface area contributed by atoms with Gasteiger partial charge in [0.1, 0.15) is 28.2 Å². The number of esters is 1. The summed E-state index contributed by atoms with van der Waals surface area (Å²) >= 11 is 6.10. The largest absolute Gasteiger partial charge is 0.465 e. The highest BCUT2D eigenvalue weighted by Crippen LogP contribution is 2.38. The van der Waals surface area contributed by atoms with E-state index in [-0.39, 0.29) is 10.7 Å². The molecule has 0 amide bonds. The normalized spacial score (nSPS) is 13.2. The number of pyridine rings is 2. The molecule has 0 spiro atoms. The van der Waals surface area contributed by atoms with Gasteiger partial charge in [-0.25, -0.2) is 24.7 Å². The molecule has 1 N–H and O–H groups in total. The van der Waals surface area contributed by atoms with E-state index in [4.69, 9.17) is 16.3 Å². The molecule has 3 heterocycles. The van der Waals surface area contributed by atoms with Crippen molar-refractivity contribution >= 4 is 29.2 Å². The summed E-state index contributed by atoms with van der Waals surface area (Å²) in [5.74, 6) is 2.15. The maximum atomic E-state index is 12.1. The van der Waals surface area contributed by atoms with E-state index in [1.165, 1.54) is 7.11 Å². The molecule has 1 saturated carbocycles. The summed E-state index contributed by atoms with van der Waals surface area (Å²) in [5.41, 5.74) is 2.58. The van der Waals surface area contributed by atoms with E-state index in [9.17, 15) is 4.79 Å². The summed E-state index contributed by atoms with van der Waals surface area (Å²) in [6, 6.07) is 5.53. The molecular weight excluding hydrogens is 378 g/mol. The number of hydrogen-bond donors (Lipinski definition) is 1. The number of rotatable bonds is 5. The van der Waals surface area contributed by atoms with Gasteiger partial charge in [-0.15, -0.1) is 0 Å². The van der Waals surface area contributed by atoms with Gasteiger partial charge in [0, 0.05) is 30.1 Å². The molecule has 3 aromatic heterocycles. The summed E-state index contributed by atoms with van der Waals surface area (Å²) in [7, 11) is 1.32. The van der Waals surface area contributed by atoms with Crippen LogP contribution < -0.4 is 5.32 Å². The molecule has 7 nitrogen and oxygen atoms in total. The van der Waals surface area contributed by atoms with Crippen molar-refractivity contribution in [2.24, 2.45) is 0 Å². The van der Waals surface area contributed by atoms with Gasteiger partial charge >= 0.3 is 5.97 Å². The van der Waals surface area contributed by atoms with Crippen LogP contribution in [0, 0.1) is 6.92 Å². The number of nitrogens with one attached hydrogen (secondary N) is 1. The quantitative estimate of drug-likeness (QED) is 0.508. The zero-order chi connectivity index (χ0) is 19.7. The molecule has 0 atom stereocenters. The van der Waals surface area contributed by atoms with Gasteiger partial charge in [-0.05, 0) is 49.1 Å². The molecule has 0 unspecified atom stereocenters. The van der Waals surface area contributed by atoms with Gasteiger partial charge in [-0.3, -0.25) is 0 Å². The van der Waals surface area contributed by atoms with Crippen LogP contribution in [0.1, 0.15) is 40.5 Å². The number of carbonyl (C=O) groups is 1. The average Bonchev–Trinajstić information content (AvgIpc) is 3.54. The van der Waals surface area contributed by atoms with Crippen LogP contribution in [-0.2, 0) is 4.74 Å². The zero-order valence-corrected chi connectivity index (χ0v) is 16.2. The number of aromatic nitrogens is 4. The van der Waals surface area contributed by atoms with Crippen LogP contribution in [0.25, 0.3) is 11.1 Å². The Morgan fingerprint density at radius 3 is 2.71 bits per heavy atom. The third kappa shape index (κ3) is 3.66. The number of carbonyl (C=O) groups excluding carboxylic acids is 1. The smallest absolute Gasteiger partial charge is 0.341 e. The first-order valence-corrected chi connectivity index (χ1v) is 9.24. The second-order valence-corrected chi connectivity index (χ2v) is 6.94. The summed E-state index contributed by atoms with van der Waals surface area (Å²) in [5, 5.41) is 3.34. The zero-order valence-electron chi connectivity index (χ0n) is 15.4. The molecule has 142 valence electrons. The fraction of sp³-hybridized carbons (Fsp3) is 0.250. The molecular formula is C20H18ClN5O2. The van der Waals surface area contributed by atoms with E-state index in [0.29, 0.717) is 23.1 Å². The number of ether oxygens (including phenoxy) is 1. The van der Waals surface area contributed by atoms with E-state index in [0.717, 1.165) is 29.8 Å². The minimum absolute atomic E-state index is 0.120. The third-order valence-electron chi connectivity index (χ3n) is 4.63. The first kappa shape index (κ1) is 18.3. The summed E-state index contributed by atoms with van der Waals surface area (Å²) in [6.07, 6.45) is 7.36. The van der Waals surface area contributed by atoms with Crippen molar-refractivity contribution in [1.82, 2.24) is 19.9 Å². The minimum atomic E-state index is -0.516. The lowest BCUT2D eigenvalue weighted by atomic mass is 10.00. The van der Waals surface area contributed by atoms with Crippen LogP contribution in [0.3, 0.4) is 0 Å². The molecule has 0 bridgehead atoms. The molecule has 4 rings (SSSR count). The molecule has 28 heavy (non-hydrogen) atoms. The second kappa shape index (κ2) is 7.52. The van der Waals surface area contributed by atoms with E-state index in [2.05, 4.69) is 25.3 Å². The van der Waals surface area contributed by atoms with Gasteiger partial charge in [0.15, 0.2) is 0 Å². The molecule has 1 aliphatic rings. The number of nitrogens with zero attached hydrogens (tertiary/aromatic N) is 4. The summed E-state index contributed by atoms with van der Waals surface area (Å²) < 4.78 is 4.82. The number of anilines is 2. The van der Waals surface area contributed by atoms with Crippen molar-refractivity contribution in [3.8, 4) is 11.1 Å². The summed E-state index contributed by atoms with van der Waals surface area (Å²) in [4.78, 5) is 29.4. The average molecular weight is 396 g/mol. The Labute approximate surface area is 167 Å². The topological polar surface area (TPSA) is 89.9 Å². The fourth-order valence-electron chi connectivity index (χ4n) is 2.98. The molecule has 0 aromatic carbocycles. The first-order chi connectivity index (χ1) is 13.6. The number of halogens is 1. The van der Waals surface area contributed by atoms with Crippen molar-refractivity contribution in [3.63, 3.8) is 0 Å². The molecule has 3 aromatic rings. The van der Waals surface area contributed by atoms with Gasteiger partial charge in [0.25, 0.3) is 0 Å². The van der Waals surface area contributed by atoms with Crippen LogP contribution in [0.4, 0.5) is 11.6 Å². The van der Waals surface area contributed by atoms with Crippen LogP contribution in [-0.4, -0.2) is 33.0 Å². The molecule has 0 saturated heterocycles. The molecule has 0 aliphatic heterocycles. The van der Waals surface area contributed by atoms with Gasteiger partial charge in [0.2, 0.25) is 0 Å².